The van der Waals surface area contributed by atoms with Gasteiger partial charge >= 0.3 is 6.03 Å². The fourth-order valence-corrected chi connectivity index (χ4v) is 1.88. The van der Waals surface area contributed by atoms with Gasteiger partial charge in [-0.15, -0.1) is 0 Å². The highest BCUT2D eigenvalue weighted by molar-refractivity contribution is 5.90. The summed E-state index contributed by atoms with van der Waals surface area (Å²) in [7, 11) is 0. The second kappa shape index (κ2) is 6.69. The molecule has 2 aromatic rings. The Morgan fingerprint density at radius 3 is 2.81 bits per heavy atom. The average molecular weight is 286 g/mol. The molecule has 110 valence electrons. The molecule has 6 heteroatoms. The topological polar surface area (TPSA) is 76.0 Å². The highest BCUT2D eigenvalue weighted by atomic mass is 16.2. The van der Waals surface area contributed by atoms with Crippen molar-refractivity contribution in [3.05, 3.63) is 58.0 Å². The number of amides is 2. The van der Waals surface area contributed by atoms with Crippen LogP contribution in [0.1, 0.15) is 11.1 Å². The molecule has 1 aromatic carbocycles. The van der Waals surface area contributed by atoms with Gasteiger partial charge in [0.05, 0.1) is 6.54 Å². The van der Waals surface area contributed by atoms with E-state index in [0.717, 1.165) is 16.8 Å². The van der Waals surface area contributed by atoms with Crippen molar-refractivity contribution in [3.8, 4) is 0 Å². The van der Waals surface area contributed by atoms with Gasteiger partial charge in [0.15, 0.2) is 0 Å². The van der Waals surface area contributed by atoms with Crippen LogP contribution in [0.5, 0.6) is 0 Å². The van der Waals surface area contributed by atoms with Crippen molar-refractivity contribution in [2.45, 2.75) is 20.4 Å². The maximum atomic E-state index is 11.8. The van der Waals surface area contributed by atoms with Crippen LogP contribution < -0.4 is 16.2 Å². The fourth-order valence-electron chi connectivity index (χ4n) is 1.88. The summed E-state index contributed by atoms with van der Waals surface area (Å²) in [6.45, 7) is 4.61. The third kappa shape index (κ3) is 3.92. The Morgan fingerprint density at radius 1 is 1.24 bits per heavy atom. The molecule has 0 aliphatic heterocycles. The molecule has 2 N–H and O–H groups in total. The summed E-state index contributed by atoms with van der Waals surface area (Å²) in [5.41, 5.74) is 2.75. The molecule has 2 amide bonds. The summed E-state index contributed by atoms with van der Waals surface area (Å²) >= 11 is 0. The molecule has 0 radical (unpaired) electrons. The van der Waals surface area contributed by atoms with Crippen molar-refractivity contribution in [1.82, 2.24) is 15.1 Å². The molecule has 0 atom stereocenters. The van der Waals surface area contributed by atoms with Crippen LogP contribution >= 0.6 is 0 Å². The number of hydrogen-bond donors (Lipinski definition) is 2. The summed E-state index contributed by atoms with van der Waals surface area (Å²) in [6, 6.07) is 8.46. The zero-order valence-corrected chi connectivity index (χ0v) is 12.1. The maximum Gasteiger partial charge on any atom is 0.319 e. The number of urea groups is 1. The lowest BCUT2D eigenvalue weighted by molar-refractivity contribution is 0.251. The van der Waals surface area contributed by atoms with E-state index < -0.39 is 0 Å². The molecule has 0 fully saturated rings. The summed E-state index contributed by atoms with van der Waals surface area (Å²) in [5, 5.41) is 9.42. The number of nitrogens with one attached hydrogen (secondary N) is 2. The van der Waals surface area contributed by atoms with Crippen LogP contribution in [-0.2, 0) is 6.54 Å². The molecule has 0 saturated heterocycles. The van der Waals surface area contributed by atoms with Crippen molar-refractivity contribution in [2.75, 3.05) is 11.9 Å². The van der Waals surface area contributed by atoms with Crippen LogP contribution in [0.4, 0.5) is 10.5 Å². The SMILES string of the molecule is Cc1cccc(NC(=O)NCCn2ncccc2=O)c1C. The zero-order valence-electron chi connectivity index (χ0n) is 12.1. The largest absolute Gasteiger partial charge is 0.336 e. The first-order valence-electron chi connectivity index (χ1n) is 6.71. The van der Waals surface area contributed by atoms with Gasteiger partial charge in [-0.3, -0.25) is 4.79 Å². The minimum absolute atomic E-state index is 0.186. The molecular formula is C15H18N4O2. The first-order chi connectivity index (χ1) is 10.1. The smallest absolute Gasteiger partial charge is 0.319 e. The summed E-state index contributed by atoms with van der Waals surface area (Å²) in [6.07, 6.45) is 1.54. The van der Waals surface area contributed by atoms with E-state index in [1.807, 2.05) is 32.0 Å². The van der Waals surface area contributed by atoms with E-state index in [2.05, 4.69) is 15.7 Å². The Labute approximate surface area is 122 Å². The minimum Gasteiger partial charge on any atom is -0.336 e. The molecule has 21 heavy (non-hydrogen) atoms. The van der Waals surface area contributed by atoms with Gasteiger partial charge in [0.2, 0.25) is 0 Å². The van der Waals surface area contributed by atoms with Crippen molar-refractivity contribution >= 4 is 11.7 Å². The molecule has 1 aromatic heterocycles. The lowest BCUT2D eigenvalue weighted by Gasteiger charge is -2.11. The van der Waals surface area contributed by atoms with Crippen LogP contribution in [-0.4, -0.2) is 22.4 Å². The lowest BCUT2D eigenvalue weighted by Crippen LogP contribution is -2.34. The Hall–Kier alpha value is -2.63. The highest BCUT2D eigenvalue weighted by Crippen LogP contribution is 2.17. The van der Waals surface area contributed by atoms with Crippen molar-refractivity contribution in [2.24, 2.45) is 0 Å². The molecular weight excluding hydrogens is 268 g/mol. The van der Waals surface area contributed by atoms with E-state index in [-0.39, 0.29) is 11.6 Å². The second-order valence-corrected chi connectivity index (χ2v) is 4.71. The molecule has 6 nitrogen and oxygen atoms in total. The first-order valence-corrected chi connectivity index (χ1v) is 6.71. The van der Waals surface area contributed by atoms with Crippen LogP contribution in [0.2, 0.25) is 0 Å². The predicted molar refractivity (Wildman–Crippen MR) is 81.4 cm³/mol. The van der Waals surface area contributed by atoms with Gasteiger partial charge in [0, 0.05) is 24.5 Å². The van der Waals surface area contributed by atoms with E-state index in [0.29, 0.717) is 13.1 Å². The molecule has 0 aliphatic carbocycles. The molecule has 2 rings (SSSR count). The van der Waals surface area contributed by atoms with Crippen molar-refractivity contribution in [1.29, 1.82) is 0 Å². The Morgan fingerprint density at radius 2 is 2.05 bits per heavy atom. The number of rotatable bonds is 4. The van der Waals surface area contributed by atoms with Crippen LogP contribution in [0.25, 0.3) is 0 Å². The standard InChI is InChI=1S/C15H18N4O2/c1-11-5-3-6-13(12(11)2)18-15(21)16-9-10-19-14(20)7-4-8-17-19/h3-8H,9-10H2,1-2H3,(H2,16,18,21). The van der Waals surface area contributed by atoms with Gasteiger partial charge in [0.25, 0.3) is 5.56 Å². The number of anilines is 1. The molecule has 0 spiro atoms. The van der Waals surface area contributed by atoms with Gasteiger partial charge in [0.1, 0.15) is 0 Å². The third-order valence-corrected chi connectivity index (χ3v) is 3.25. The van der Waals surface area contributed by atoms with Crippen LogP contribution in [0.15, 0.2) is 41.3 Å². The Balaban J connectivity index is 1.87. The van der Waals surface area contributed by atoms with Gasteiger partial charge in [-0.2, -0.15) is 5.10 Å². The molecule has 0 aliphatic rings. The van der Waals surface area contributed by atoms with Crippen LogP contribution in [0, 0.1) is 13.8 Å². The van der Waals surface area contributed by atoms with E-state index >= 15 is 0 Å². The number of aryl methyl sites for hydroxylation is 1. The normalized spacial score (nSPS) is 10.2. The molecule has 0 unspecified atom stereocenters. The van der Waals surface area contributed by atoms with Gasteiger partial charge in [-0.1, -0.05) is 12.1 Å². The van der Waals surface area contributed by atoms with E-state index in [1.54, 1.807) is 6.07 Å². The van der Waals surface area contributed by atoms with Gasteiger partial charge < -0.3 is 10.6 Å². The maximum absolute atomic E-state index is 11.8. The number of carbonyl (C=O) groups is 1. The number of carbonyl (C=O) groups excluding carboxylic acids is 1. The second-order valence-electron chi connectivity index (χ2n) is 4.71. The lowest BCUT2D eigenvalue weighted by atomic mass is 10.1. The summed E-state index contributed by atoms with van der Waals surface area (Å²) in [5.74, 6) is 0. The zero-order chi connectivity index (χ0) is 15.2. The number of aromatic nitrogens is 2. The minimum atomic E-state index is -0.298. The van der Waals surface area contributed by atoms with E-state index in [4.69, 9.17) is 0 Å². The first kappa shape index (κ1) is 14.8. The monoisotopic (exact) mass is 286 g/mol. The Kier molecular flexibility index (Phi) is 4.71. The molecule has 0 bridgehead atoms. The summed E-state index contributed by atoms with van der Waals surface area (Å²) < 4.78 is 1.30. The average Bonchev–Trinajstić information content (AvgIpc) is 2.46. The van der Waals surface area contributed by atoms with Crippen LogP contribution in [0.3, 0.4) is 0 Å². The van der Waals surface area contributed by atoms with E-state index in [9.17, 15) is 9.59 Å². The number of hydrogen-bond acceptors (Lipinski definition) is 3. The Bertz CT molecular complexity index is 694. The molecule has 0 saturated carbocycles. The highest BCUT2D eigenvalue weighted by Gasteiger charge is 2.05. The summed E-state index contributed by atoms with van der Waals surface area (Å²) in [4.78, 5) is 23.3. The number of nitrogens with zero attached hydrogens (tertiary/aromatic N) is 2. The van der Waals surface area contributed by atoms with E-state index in [1.165, 1.54) is 16.9 Å². The quantitative estimate of drug-likeness (QED) is 0.898. The number of benzene rings is 1. The van der Waals surface area contributed by atoms with Gasteiger partial charge in [-0.05, 0) is 37.1 Å². The van der Waals surface area contributed by atoms with Crippen molar-refractivity contribution in [3.63, 3.8) is 0 Å². The fraction of sp³-hybridized carbons (Fsp3) is 0.267. The third-order valence-electron chi connectivity index (χ3n) is 3.25. The predicted octanol–water partition coefficient (Wildman–Crippen LogP) is 1.68. The molecule has 1 heterocycles. The van der Waals surface area contributed by atoms with Gasteiger partial charge in [-0.25, -0.2) is 9.48 Å². The van der Waals surface area contributed by atoms with Crippen molar-refractivity contribution < 1.29 is 4.79 Å².